The summed E-state index contributed by atoms with van der Waals surface area (Å²) in [5.74, 6) is 1.43. The van der Waals surface area contributed by atoms with E-state index >= 15 is 0 Å². The Morgan fingerprint density at radius 3 is 3.00 bits per heavy atom. The zero-order valence-electron chi connectivity index (χ0n) is 13.1. The maximum absolute atomic E-state index is 12.6. The Labute approximate surface area is 128 Å². The van der Waals surface area contributed by atoms with E-state index in [4.69, 9.17) is 9.26 Å². The number of fused-ring (bicyclic) bond motifs is 1. The quantitative estimate of drug-likeness (QED) is 0.857. The van der Waals surface area contributed by atoms with Crippen molar-refractivity contribution in [2.45, 2.75) is 32.9 Å². The van der Waals surface area contributed by atoms with E-state index in [1.54, 1.807) is 25.0 Å². The molecule has 2 aromatic heterocycles. The number of carbonyl (C=O) groups is 1. The fraction of sp³-hybridized carbons (Fsp3) is 0.533. The fourth-order valence-electron chi connectivity index (χ4n) is 2.86. The van der Waals surface area contributed by atoms with E-state index in [0.29, 0.717) is 24.6 Å². The third-order valence-electron chi connectivity index (χ3n) is 4.05. The van der Waals surface area contributed by atoms with E-state index in [1.165, 1.54) is 0 Å². The van der Waals surface area contributed by atoms with Crippen LogP contribution in [0.1, 0.15) is 40.7 Å². The van der Waals surface area contributed by atoms with Gasteiger partial charge in [0, 0.05) is 44.6 Å². The maximum Gasteiger partial charge on any atom is 0.276 e. The monoisotopic (exact) mass is 304 g/mol. The molecule has 3 heterocycles. The van der Waals surface area contributed by atoms with E-state index in [-0.39, 0.29) is 11.9 Å². The summed E-state index contributed by atoms with van der Waals surface area (Å²) >= 11 is 0. The summed E-state index contributed by atoms with van der Waals surface area (Å²) in [4.78, 5) is 18.8. The molecule has 1 amide bonds. The van der Waals surface area contributed by atoms with Crippen molar-refractivity contribution in [2.24, 2.45) is 0 Å². The van der Waals surface area contributed by atoms with Crippen molar-refractivity contribution in [3.8, 4) is 0 Å². The van der Waals surface area contributed by atoms with Crippen LogP contribution in [0.2, 0.25) is 0 Å². The second-order valence-corrected chi connectivity index (χ2v) is 5.50. The third kappa shape index (κ3) is 2.52. The minimum atomic E-state index is -0.114. The predicted molar refractivity (Wildman–Crippen MR) is 78.5 cm³/mol. The Bertz CT molecular complexity index is 676. The Morgan fingerprint density at radius 1 is 1.50 bits per heavy atom. The highest BCUT2D eigenvalue weighted by Gasteiger charge is 2.31. The molecule has 0 aromatic carbocycles. The Hall–Kier alpha value is -2.15. The van der Waals surface area contributed by atoms with Crippen LogP contribution < -0.4 is 0 Å². The summed E-state index contributed by atoms with van der Waals surface area (Å²) in [5, 5.41) is 3.82. The highest BCUT2D eigenvalue weighted by molar-refractivity contribution is 5.92. The first kappa shape index (κ1) is 14.8. The summed E-state index contributed by atoms with van der Waals surface area (Å²) in [6, 6.07) is 1.58. The SMILES string of the molecule is COCCc1cnc2n1CCN(C(=O)c1cc(C)on1)[C@@H]2C. The predicted octanol–water partition coefficient (Wildman–Crippen LogP) is 1.59. The van der Waals surface area contributed by atoms with Crippen LogP contribution in [-0.2, 0) is 17.7 Å². The van der Waals surface area contributed by atoms with Crippen molar-refractivity contribution in [3.05, 3.63) is 35.2 Å². The Kier molecular flexibility index (Phi) is 3.98. The molecule has 2 aromatic rings. The zero-order valence-corrected chi connectivity index (χ0v) is 13.1. The number of hydrogen-bond acceptors (Lipinski definition) is 5. The minimum absolute atomic E-state index is 0.0884. The molecular weight excluding hydrogens is 284 g/mol. The van der Waals surface area contributed by atoms with Crippen molar-refractivity contribution in [2.75, 3.05) is 20.3 Å². The van der Waals surface area contributed by atoms with Crippen molar-refractivity contribution < 1.29 is 14.1 Å². The summed E-state index contributed by atoms with van der Waals surface area (Å²) in [7, 11) is 1.69. The fourth-order valence-corrected chi connectivity index (χ4v) is 2.86. The van der Waals surface area contributed by atoms with E-state index < -0.39 is 0 Å². The first-order valence-corrected chi connectivity index (χ1v) is 7.39. The normalized spacial score (nSPS) is 17.6. The van der Waals surface area contributed by atoms with Gasteiger partial charge in [0.2, 0.25) is 0 Å². The molecule has 1 atom stereocenters. The molecule has 0 spiro atoms. The van der Waals surface area contributed by atoms with E-state index in [0.717, 1.165) is 24.5 Å². The Morgan fingerprint density at radius 2 is 2.32 bits per heavy atom. The molecule has 0 radical (unpaired) electrons. The van der Waals surface area contributed by atoms with Gasteiger partial charge in [-0.15, -0.1) is 0 Å². The molecule has 1 aliphatic heterocycles. The van der Waals surface area contributed by atoms with Crippen molar-refractivity contribution in [1.82, 2.24) is 19.6 Å². The molecule has 22 heavy (non-hydrogen) atoms. The lowest BCUT2D eigenvalue weighted by Crippen LogP contribution is -2.41. The molecule has 0 saturated carbocycles. The first-order valence-electron chi connectivity index (χ1n) is 7.39. The molecule has 118 valence electrons. The topological polar surface area (TPSA) is 73.4 Å². The summed E-state index contributed by atoms with van der Waals surface area (Å²) < 4.78 is 12.3. The first-order chi connectivity index (χ1) is 10.6. The standard InChI is InChI=1S/C15H20N4O3/c1-10-8-13(17-22-10)15(20)18-5-6-19-12(4-7-21-3)9-16-14(19)11(18)2/h8-9,11H,4-7H2,1-3H3/t11-/m1/s1. The number of nitrogens with zero attached hydrogens (tertiary/aromatic N) is 4. The molecule has 0 aliphatic carbocycles. The second kappa shape index (κ2) is 5.92. The molecule has 3 rings (SSSR count). The smallest absolute Gasteiger partial charge is 0.276 e. The van der Waals surface area contributed by atoms with E-state index in [9.17, 15) is 4.79 Å². The molecule has 0 unspecified atom stereocenters. The van der Waals surface area contributed by atoms with Gasteiger partial charge < -0.3 is 18.7 Å². The molecule has 1 aliphatic rings. The Balaban J connectivity index is 1.81. The second-order valence-electron chi connectivity index (χ2n) is 5.50. The average molecular weight is 304 g/mol. The van der Waals surface area contributed by atoms with Crippen LogP contribution in [0.5, 0.6) is 0 Å². The molecule has 7 heteroatoms. The molecule has 0 bridgehead atoms. The van der Waals surface area contributed by atoms with Crippen LogP contribution in [0.3, 0.4) is 0 Å². The molecule has 0 saturated heterocycles. The molecular formula is C15H20N4O3. The van der Waals surface area contributed by atoms with Crippen molar-refractivity contribution >= 4 is 5.91 Å². The van der Waals surface area contributed by atoms with Gasteiger partial charge in [-0.2, -0.15) is 0 Å². The van der Waals surface area contributed by atoms with Gasteiger partial charge in [0.05, 0.1) is 12.6 Å². The van der Waals surface area contributed by atoms with Gasteiger partial charge in [-0.25, -0.2) is 4.98 Å². The van der Waals surface area contributed by atoms with Crippen LogP contribution in [-0.4, -0.2) is 45.8 Å². The third-order valence-corrected chi connectivity index (χ3v) is 4.05. The summed E-state index contributed by atoms with van der Waals surface area (Å²) in [5.41, 5.74) is 1.50. The lowest BCUT2D eigenvalue weighted by Gasteiger charge is -2.34. The van der Waals surface area contributed by atoms with E-state index in [1.807, 2.05) is 13.1 Å². The molecule has 7 nitrogen and oxygen atoms in total. The van der Waals surface area contributed by atoms with Gasteiger partial charge in [-0.05, 0) is 13.8 Å². The average Bonchev–Trinajstić information content (AvgIpc) is 3.12. The van der Waals surface area contributed by atoms with Crippen molar-refractivity contribution in [1.29, 1.82) is 0 Å². The maximum atomic E-state index is 12.6. The van der Waals surface area contributed by atoms with Gasteiger partial charge >= 0.3 is 0 Å². The van der Waals surface area contributed by atoms with Gasteiger partial charge in [0.25, 0.3) is 5.91 Å². The highest BCUT2D eigenvalue weighted by Crippen LogP contribution is 2.27. The summed E-state index contributed by atoms with van der Waals surface area (Å²) in [6.45, 7) is 5.80. The lowest BCUT2D eigenvalue weighted by atomic mass is 10.2. The number of ether oxygens (including phenoxy) is 1. The zero-order chi connectivity index (χ0) is 15.7. The van der Waals surface area contributed by atoms with Gasteiger partial charge in [0.1, 0.15) is 11.6 Å². The summed E-state index contributed by atoms with van der Waals surface area (Å²) in [6.07, 6.45) is 2.70. The van der Waals surface area contributed by atoms with Crippen LogP contribution in [0.4, 0.5) is 0 Å². The van der Waals surface area contributed by atoms with Crippen LogP contribution in [0.25, 0.3) is 0 Å². The minimum Gasteiger partial charge on any atom is -0.384 e. The number of carbonyl (C=O) groups excluding carboxylic acids is 1. The number of hydrogen-bond donors (Lipinski definition) is 0. The van der Waals surface area contributed by atoms with E-state index in [2.05, 4.69) is 14.7 Å². The lowest BCUT2D eigenvalue weighted by molar-refractivity contribution is 0.0625. The number of rotatable bonds is 4. The molecule has 0 fully saturated rings. The largest absolute Gasteiger partial charge is 0.384 e. The van der Waals surface area contributed by atoms with Gasteiger partial charge in [-0.1, -0.05) is 5.16 Å². The number of aromatic nitrogens is 3. The molecule has 0 N–H and O–H groups in total. The van der Waals surface area contributed by atoms with Gasteiger partial charge in [0.15, 0.2) is 5.69 Å². The van der Waals surface area contributed by atoms with Crippen LogP contribution in [0.15, 0.2) is 16.8 Å². The van der Waals surface area contributed by atoms with Crippen LogP contribution >= 0.6 is 0 Å². The number of imidazole rings is 1. The van der Waals surface area contributed by atoms with Gasteiger partial charge in [-0.3, -0.25) is 4.79 Å². The van der Waals surface area contributed by atoms with Crippen LogP contribution in [0, 0.1) is 6.92 Å². The number of methoxy groups -OCH3 is 1. The van der Waals surface area contributed by atoms with Crippen molar-refractivity contribution in [3.63, 3.8) is 0 Å². The number of aryl methyl sites for hydroxylation is 1. The number of amides is 1. The highest BCUT2D eigenvalue weighted by atomic mass is 16.5.